The Kier molecular flexibility index (Phi) is 13.0. The number of carbonyl (C=O) groups excluding carboxylic acids is 1. The molecule has 0 aliphatic carbocycles. The molecule has 24 heavy (non-hydrogen) atoms. The molecule has 0 spiro atoms. The average Bonchev–Trinajstić information content (AvgIpc) is 3.04. The second kappa shape index (κ2) is 13.4. The van der Waals surface area contributed by atoms with Gasteiger partial charge in [0.25, 0.3) is 5.91 Å². The van der Waals surface area contributed by atoms with Crippen LogP contribution < -0.4 is 10.6 Å². The van der Waals surface area contributed by atoms with Gasteiger partial charge >= 0.3 is 0 Å². The number of rotatable bonds is 9. The number of likely N-dealkylation sites (tertiary alicyclic amines) is 1. The number of nitrogens with one attached hydrogen (secondary N) is 2. The number of hydrogen-bond acceptors (Lipinski definition) is 4. The topological polar surface area (TPSA) is 53.6 Å². The zero-order chi connectivity index (χ0) is 15.6. The van der Waals surface area contributed by atoms with Gasteiger partial charge in [0.15, 0.2) is 0 Å². The summed E-state index contributed by atoms with van der Waals surface area (Å²) in [6.45, 7) is 6.15. The maximum Gasteiger partial charge on any atom is 0.251 e. The first-order valence-corrected chi connectivity index (χ1v) is 8.09. The predicted octanol–water partition coefficient (Wildman–Crippen LogP) is 2.09. The molecule has 0 saturated carbocycles. The van der Waals surface area contributed by atoms with E-state index in [1.165, 1.54) is 31.5 Å². The molecule has 1 aromatic carbocycles. The van der Waals surface area contributed by atoms with Crippen LogP contribution in [-0.2, 0) is 11.3 Å². The summed E-state index contributed by atoms with van der Waals surface area (Å²) in [5.74, 6) is -0.00295. The third-order valence-electron chi connectivity index (χ3n) is 3.86. The highest BCUT2D eigenvalue weighted by molar-refractivity contribution is 5.94. The zero-order valence-electron chi connectivity index (χ0n) is 14.3. The van der Waals surface area contributed by atoms with Gasteiger partial charge in [0.2, 0.25) is 0 Å². The molecule has 1 aliphatic heterocycles. The third kappa shape index (κ3) is 8.31. The number of nitrogens with zero attached hydrogens (tertiary/aromatic N) is 1. The van der Waals surface area contributed by atoms with E-state index in [1.54, 1.807) is 7.11 Å². The van der Waals surface area contributed by atoms with Gasteiger partial charge in [-0.05, 0) is 43.6 Å². The van der Waals surface area contributed by atoms with Crippen LogP contribution in [0.25, 0.3) is 0 Å². The molecule has 1 aliphatic rings. The Hall–Kier alpha value is -0.850. The van der Waals surface area contributed by atoms with Gasteiger partial charge in [-0.3, -0.25) is 9.69 Å². The molecule has 2 N–H and O–H groups in total. The predicted molar refractivity (Wildman–Crippen MR) is 103 cm³/mol. The molecule has 2 rings (SSSR count). The van der Waals surface area contributed by atoms with E-state index in [1.807, 2.05) is 18.2 Å². The van der Waals surface area contributed by atoms with Gasteiger partial charge in [-0.2, -0.15) is 0 Å². The van der Waals surface area contributed by atoms with Crippen LogP contribution in [0.2, 0.25) is 0 Å². The minimum atomic E-state index is -0.00295. The molecule has 1 heterocycles. The normalized spacial score (nSPS) is 13.9. The van der Waals surface area contributed by atoms with E-state index in [0.717, 1.165) is 25.2 Å². The minimum Gasteiger partial charge on any atom is -0.383 e. The van der Waals surface area contributed by atoms with Crippen LogP contribution in [-0.4, -0.2) is 57.2 Å². The molecule has 0 bridgehead atoms. The quantitative estimate of drug-likeness (QED) is 0.647. The van der Waals surface area contributed by atoms with Crippen LogP contribution in [0.3, 0.4) is 0 Å². The van der Waals surface area contributed by atoms with Crippen LogP contribution in [0.15, 0.2) is 24.3 Å². The van der Waals surface area contributed by atoms with E-state index < -0.39 is 0 Å². The molecular formula is C17H29Cl2N3O2. The lowest BCUT2D eigenvalue weighted by Gasteiger charge is -2.15. The monoisotopic (exact) mass is 377 g/mol. The first kappa shape index (κ1) is 23.1. The van der Waals surface area contributed by atoms with Gasteiger partial charge in [-0.15, -0.1) is 24.8 Å². The summed E-state index contributed by atoms with van der Waals surface area (Å²) in [7, 11) is 1.68. The fourth-order valence-electron chi connectivity index (χ4n) is 2.68. The number of methoxy groups -OCH3 is 1. The Morgan fingerprint density at radius 2 is 1.92 bits per heavy atom. The van der Waals surface area contributed by atoms with Gasteiger partial charge < -0.3 is 15.4 Å². The second-order valence-corrected chi connectivity index (χ2v) is 5.68. The van der Waals surface area contributed by atoms with Crippen molar-refractivity contribution in [3.8, 4) is 0 Å². The van der Waals surface area contributed by atoms with Gasteiger partial charge in [0, 0.05) is 38.9 Å². The third-order valence-corrected chi connectivity index (χ3v) is 3.86. The summed E-state index contributed by atoms with van der Waals surface area (Å²) in [5.41, 5.74) is 1.96. The average molecular weight is 378 g/mol. The van der Waals surface area contributed by atoms with E-state index in [0.29, 0.717) is 13.2 Å². The summed E-state index contributed by atoms with van der Waals surface area (Å²) in [4.78, 5) is 14.6. The van der Waals surface area contributed by atoms with Crippen LogP contribution >= 0.6 is 24.8 Å². The molecular weight excluding hydrogens is 349 g/mol. The Bertz CT molecular complexity index is 469. The Labute approximate surface area is 157 Å². The summed E-state index contributed by atoms with van der Waals surface area (Å²) in [6.07, 6.45) is 2.58. The molecule has 1 fully saturated rings. The van der Waals surface area contributed by atoms with Crippen molar-refractivity contribution in [2.45, 2.75) is 19.4 Å². The lowest BCUT2D eigenvalue weighted by Crippen LogP contribution is -2.33. The number of amides is 1. The maximum absolute atomic E-state index is 12.1. The standard InChI is InChI=1S/C17H27N3O2.2ClH/c1-22-12-9-18-7-8-19-17(21)16-6-4-5-15(13-16)14-20-10-2-3-11-20;;/h4-6,13,18H,2-3,7-12,14H2,1H3,(H,19,21);2*1H. The van der Waals surface area contributed by atoms with Crippen molar-refractivity contribution < 1.29 is 9.53 Å². The van der Waals surface area contributed by atoms with Crippen molar-refractivity contribution >= 4 is 30.7 Å². The fraction of sp³-hybridized carbons (Fsp3) is 0.588. The summed E-state index contributed by atoms with van der Waals surface area (Å²) in [6, 6.07) is 7.95. The summed E-state index contributed by atoms with van der Waals surface area (Å²) in [5, 5.41) is 6.15. The van der Waals surface area contributed by atoms with E-state index in [-0.39, 0.29) is 30.7 Å². The van der Waals surface area contributed by atoms with Gasteiger partial charge in [-0.1, -0.05) is 12.1 Å². The highest BCUT2D eigenvalue weighted by Gasteiger charge is 2.12. The van der Waals surface area contributed by atoms with Crippen molar-refractivity contribution in [3.05, 3.63) is 35.4 Å². The first-order valence-electron chi connectivity index (χ1n) is 8.09. The van der Waals surface area contributed by atoms with E-state index >= 15 is 0 Å². The highest BCUT2D eigenvalue weighted by atomic mass is 35.5. The second-order valence-electron chi connectivity index (χ2n) is 5.68. The molecule has 7 heteroatoms. The summed E-state index contributed by atoms with van der Waals surface area (Å²) < 4.78 is 4.95. The molecule has 5 nitrogen and oxygen atoms in total. The summed E-state index contributed by atoms with van der Waals surface area (Å²) >= 11 is 0. The minimum absolute atomic E-state index is 0. The highest BCUT2D eigenvalue weighted by Crippen LogP contribution is 2.13. The Morgan fingerprint density at radius 1 is 1.17 bits per heavy atom. The first-order chi connectivity index (χ1) is 10.8. The van der Waals surface area contributed by atoms with Crippen molar-refractivity contribution in [1.82, 2.24) is 15.5 Å². The molecule has 1 aromatic rings. The number of benzene rings is 1. The van der Waals surface area contributed by atoms with Gasteiger partial charge in [0.1, 0.15) is 0 Å². The maximum atomic E-state index is 12.1. The lowest BCUT2D eigenvalue weighted by molar-refractivity contribution is 0.0953. The molecule has 138 valence electrons. The molecule has 0 unspecified atom stereocenters. The van der Waals surface area contributed by atoms with Crippen LogP contribution in [0, 0.1) is 0 Å². The fourth-order valence-corrected chi connectivity index (χ4v) is 2.68. The van der Waals surface area contributed by atoms with Crippen LogP contribution in [0.1, 0.15) is 28.8 Å². The molecule has 0 aromatic heterocycles. The number of ether oxygens (including phenoxy) is 1. The van der Waals surface area contributed by atoms with Crippen molar-refractivity contribution in [3.63, 3.8) is 0 Å². The molecule has 0 atom stereocenters. The number of hydrogen-bond donors (Lipinski definition) is 2. The number of carbonyl (C=O) groups is 1. The van der Waals surface area contributed by atoms with E-state index in [9.17, 15) is 4.79 Å². The Morgan fingerprint density at radius 3 is 2.62 bits per heavy atom. The zero-order valence-corrected chi connectivity index (χ0v) is 15.9. The molecule has 1 amide bonds. The number of halogens is 2. The van der Waals surface area contributed by atoms with Crippen molar-refractivity contribution in [1.29, 1.82) is 0 Å². The Balaban J connectivity index is 0.00000264. The van der Waals surface area contributed by atoms with Crippen LogP contribution in [0.5, 0.6) is 0 Å². The largest absolute Gasteiger partial charge is 0.383 e. The van der Waals surface area contributed by atoms with Gasteiger partial charge in [-0.25, -0.2) is 0 Å². The van der Waals surface area contributed by atoms with E-state index in [4.69, 9.17) is 4.74 Å². The molecule has 1 saturated heterocycles. The van der Waals surface area contributed by atoms with Crippen molar-refractivity contribution in [2.75, 3.05) is 46.4 Å². The van der Waals surface area contributed by atoms with Gasteiger partial charge in [0.05, 0.1) is 6.61 Å². The lowest BCUT2D eigenvalue weighted by atomic mass is 10.1. The van der Waals surface area contributed by atoms with E-state index in [2.05, 4.69) is 21.6 Å². The van der Waals surface area contributed by atoms with Crippen molar-refractivity contribution in [2.24, 2.45) is 0 Å². The SMILES string of the molecule is COCCNCCNC(=O)c1cccc(CN2CCCC2)c1.Cl.Cl. The molecule has 0 radical (unpaired) electrons. The van der Waals surface area contributed by atoms with Crippen LogP contribution in [0.4, 0.5) is 0 Å². The smallest absolute Gasteiger partial charge is 0.251 e.